The van der Waals surface area contributed by atoms with Crippen LogP contribution >= 0.6 is 0 Å². The van der Waals surface area contributed by atoms with E-state index in [1.165, 1.54) is 6.20 Å². The molecule has 2 aromatic rings. The molecule has 0 aromatic carbocycles. The molecule has 2 rings (SSSR count). The molecule has 5 N–H and O–H groups in total. The van der Waals surface area contributed by atoms with Crippen molar-refractivity contribution in [3.05, 3.63) is 35.9 Å². The SMILES string of the molecule is CCC(C#N)c1cc(-c2cnc(N)c(C(=O)NN)n2)ccn1. The van der Waals surface area contributed by atoms with Gasteiger partial charge in [0.25, 0.3) is 5.91 Å². The number of aromatic nitrogens is 3. The number of carbonyl (C=O) groups excluding carboxylic acids is 1. The summed E-state index contributed by atoms with van der Waals surface area (Å²) >= 11 is 0. The fourth-order valence-electron chi connectivity index (χ4n) is 1.94. The fraction of sp³-hybridized carbons (Fsp3) is 0.214. The van der Waals surface area contributed by atoms with Gasteiger partial charge in [0.2, 0.25) is 0 Å². The third-order valence-electron chi connectivity index (χ3n) is 3.14. The van der Waals surface area contributed by atoms with Crippen molar-refractivity contribution in [2.24, 2.45) is 5.84 Å². The van der Waals surface area contributed by atoms with Crippen molar-refractivity contribution < 1.29 is 4.79 Å². The highest BCUT2D eigenvalue weighted by molar-refractivity contribution is 5.96. The van der Waals surface area contributed by atoms with E-state index in [0.29, 0.717) is 23.4 Å². The van der Waals surface area contributed by atoms with Crippen LogP contribution in [0.3, 0.4) is 0 Å². The van der Waals surface area contributed by atoms with Crippen molar-refractivity contribution in [2.45, 2.75) is 19.3 Å². The molecule has 2 heterocycles. The number of hydrogen-bond acceptors (Lipinski definition) is 7. The molecule has 0 bridgehead atoms. The van der Waals surface area contributed by atoms with Gasteiger partial charge < -0.3 is 5.73 Å². The van der Waals surface area contributed by atoms with E-state index < -0.39 is 5.91 Å². The number of hydrogen-bond donors (Lipinski definition) is 3. The second kappa shape index (κ2) is 6.60. The van der Waals surface area contributed by atoms with Crippen molar-refractivity contribution >= 4 is 11.7 Å². The molecule has 0 aliphatic carbocycles. The highest BCUT2D eigenvalue weighted by Crippen LogP contribution is 2.23. The molecule has 0 saturated carbocycles. The molecule has 0 fully saturated rings. The normalized spacial score (nSPS) is 11.5. The van der Waals surface area contributed by atoms with Gasteiger partial charge in [-0.05, 0) is 18.6 Å². The number of nitrogen functional groups attached to an aromatic ring is 2. The summed E-state index contributed by atoms with van der Waals surface area (Å²) in [6.45, 7) is 1.91. The van der Waals surface area contributed by atoms with E-state index in [-0.39, 0.29) is 17.4 Å². The lowest BCUT2D eigenvalue weighted by Crippen LogP contribution is -2.31. The zero-order chi connectivity index (χ0) is 16.1. The van der Waals surface area contributed by atoms with Gasteiger partial charge in [-0.2, -0.15) is 5.26 Å². The third-order valence-corrected chi connectivity index (χ3v) is 3.14. The van der Waals surface area contributed by atoms with Gasteiger partial charge >= 0.3 is 0 Å². The summed E-state index contributed by atoms with van der Waals surface area (Å²) in [5.74, 6) is 4.16. The second-order valence-electron chi connectivity index (χ2n) is 4.52. The lowest BCUT2D eigenvalue weighted by atomic mass is 10.0. The summed E-state index contributed by atoms with van der Waals surface area (Å²) in [6.07, 6.45) is 3.70. The summed E-state index contributed by atoms with van der Waals surface area (Å²) in [5.41, 5.74) is 9.33. The minimum atomic E-state index is -0.621. The van der Waals surface area contributed by atoms with Crippen LogP contribution in [0.4, 0.5) is 5.82 Å². The zero-order valence-electron chi connectivity index (χ0n) is 11.9. The molecule has 0 aliphatic rings. The van der Waals surface area contributed by atoms with Crippen molar-refractivity contribution in [1.82, 2.24) is 20.4 Å². The lowest BCUT2D eigenvalue weighted by molar-refractivity contribution is 0.0949. The van der Waals surface area contributed by atoms with Crippen LogP contribution in [0, 0.1) is 11.3 Å². The average molecular weight is 297 g/mol. The Bertz CT molecular complexity index is 738. The van der Waals surface area contributed by atoms with Crippen LogP contribution in [-0.2, 0) is 0 Å². The molecule has 1 amide bonds. The Hall–Kier alpha value is -3.05. The van der Waals surface area contributed by atoms with Crippen LogP contribution in [0.25, 0.3) is 11.3 Å². The van der Waals surface area contributed by atoms with E-state index in [2.05, 4.69) is 21.0 Å². The number of anilines is 1. The smallest absolute Gasteiger partial charge is 0.287 e. The predicted molar refractivity (Wildman–Crippen MR) is 80.0 cm³/mol. The summed E-state index contributed by atoms with van der Waals surface area (Å²) in [6, 6.07) is 5.67. The fourth-order valence-corrected chi connectivity index (χ4v) is 1.94. The molecule has 0 spiro atoms. The number of rotatable bonds is 4. The average Bonchev–Trinajstić information content (AvgIpc) is 2.56. The van der Waals surface area contributed by atoms with Crippen LogP contribution in [0.5, 0.6) is 0 Å². The van der Waals surface area contributed by atoms with E-state index in [0.717, 1.165) is 0 Å². The Labute approximate surface area is 127 Å². The van der Waals surface area contributed by atoms with Crippen LogP contribution in [0.15, 0.2) is 24.5 Å². The van der Waals surface area contributed by atoms with E-state index in [1.807, 2.05) is 12.3 Å². The lowest BCUT2D eigenvalue weighted by Gasteiger charge is -2.09. The van der Waals surface area contributed by atoms with Crippen LogP contribution in [0.1, 0.15) is 35.4 Å². The van der Waals surface area contributed by atoms with E-state index in [9.17, 15) is 4.79 Å². The van der Waals surface area contributed by atoms with Gasteiger partial charge in [0.15, 0.2) is 11.5 Å². The number of nitrogens with two attached hydrogens (primary N) is 2. The Morgan fingerprint density at radius 3 is 2.91 bits per heavy atom. The second-order valence-corrected chi connectivity index (χ2v) is 4.52. The van der Waals surface area contributed by atoms with Gasteiger partial charge in [0.05, 0.1) is 29.6 Å². The molecular formula is C14H15N7O. The predicted octanol–water partition coefficient (Wildman–Crippen LogP) is 0.741. The Balaban J connectivity index is 2.47. The number of nitriles is 1. The van der Waals surface area contributed by atoms with Gasteiger partial charge in [-0.15, -0.1) is 0 Å². The van der Waals surface area contributed by atoms with E-state index >= 15 is 0 Å². The highest BCUT2D eigenvalue weighted by atomic mass is 16.2. The van der Waals surface area contributed by atoms with Gasteiger partial charge in [-0.3, -0.25) is 15.2 Å². The number of amides is 1. The van der Waals surface area contributed by atoms with Crippen LogP contribution in [0.2, 0.25) is 0 Å². The molecule has 112 valence electrons. The summed E-state index contributed by atoms with van der Waals surface area (Å²) < 4.78 is 0. The van der Waals surface area contributed by atoms with Gasteiger partial charge in [0, 0.05) is 11.8 Å². The summed E-state index contributed by atoms with van der Waals surface area (Å²) in [4.78, 5) is 23.9. The van der Waals surface area contributed by atoms with Crippen LogP contribution < -0.4 is 17.0 Å². The largest absolute Gasteiger partial charge is 0.382 e. The van der Waals surface area contributed by atoms with Crippen LogP contribution in [-0.4, -0.2) is 20.9 Å². The molecular weight excluding hydrogens is 282 g/mol. The summed E-state index contributed by atoms with van der Waals surface area (Å²) in [5, 5.41) is 9.12. The standard InChI is InChI=1S/C14H15N7O/c1-2-8(6-15)10-5-9(3-4-18-10)11-7-19-13(16)12(20-11)14(22)21-17/h3-5,7-8H,2,17H2,1H3,(H2,16,19)(H,21,22). The van der Waals surface area contributed by atoms with Gasteiger partial charge in [0.1, 0.15) is 0 Å². The highest BCUT2D eigenvalue weighted by Gasteiger charge is 2.15. The van der Waals surface area contributed by atoms with Crippen molar-refractivity contribution in [1.29, 1.82) is 5.26 Å². The molecule has 2 aromatic heterocycles. The topological polar surface area (TPSA) is 144 Å². The minimum absolute atomic E-state index is 0.00978. The van der Waals surface area contributed by atoms with Crippen molar-refractivity contribution in [2.75, 3.05) is 5.73 Å². The zero-order valence-corrected chi connectivity index (χ0v) is 11.9. The molecule has 0 saturated heterocycles. The summed E-state index contributed by atoms with van der Waals surface area (Å²) in [7, 11) is 0. The molecule has 8 nitrogen and oxygen atoms in total. The molecule has 1 atom stereocenters. The number of carbonyl (C=O) groups is 1. The van der Waals surface area contributed by atoms with Crippen molar-refractivity contribution in [3.63, 3.8) is 0 Å². The number of hydrazine groups is 1. The number of nitrogens with one attached hydrogen (secondary N) is 1. The maximum absolute atomic E-state index is 11.6. The van der Waals surface area contributed by atoms with E-state index in [1.54, 1.807) is 18.3 Å². The first-order valence-corrected chi connectivity index (χ1v) is 6.60. The first-order chi connectivity index (χ1) is 10.6. The Morgan fingerprint density at radius 1 is 1.50 bits per heavy atom. The van der Waals surface area contributed by atoms with Gasteiger partial charge in [-0.1, -0.05) is 6.92 Å². The molecule has 8 heteroatoms. The Morgan fingerprint density at radius 2 is 2.27 bits per heavy atom. The number of pyridine rings is 1. The third kappa shape index (κ3) is 2.99. The van der Waals surface area contributed by atoms with Crippen molar-refractivity contribution in [3.8, 4) is 17.3 Å². The molecule has 0 aliphatic heterocycles. The first-order valence-electron chi connectivity index (χ1n) is 6.60. The maximum Gasteiger partial charge on any atom is 0.287 e. The first kappa shape index (κ1) is 15.3. The minimum Gasteiger partial charge on any atom is -0.382 e. The van der Waals surface area contributed by atoms with Gasteiger partial charge in [-0.25, -0.2) is 15.8 Å². The maximum atomic E-state index is 11.6. The molecule has 22 heavy (non-hydrogen) atoms. The Kier molecular flexibility index (Phi) is 4.60. The molecule has 0 radical (unpaired) electrons. The monoisotopic (exact) mass is 297 g/mol. The van der Waals surface area contributed by atoms with E-state index in [4.69, 9.17) is 16.8 Å². The molecule has 1 unspecified atom stereocenters. The number of nitrogens with zero attached hydrogens (tertiary/aromatic N) is 4. The quantitative estimate of drug-likeness (QED) is 0.429.